The van der Waals surface area contributed by atoms with E-state index in [1.165, 1.54) is 6.92 Å². The zero-order valence-electron chi connectivity index (χ0n) is 15.9. The fourth-order valence-corrected chi connectivity index (χ4v) is 2.83. The highest BCUT2D eigenvalue weighted by Crippen LogP contribution is 2.17. The number of hydrogen-bond donors (Lipinski definition) is 2. The minimum absolute atomic E-state index is 0.0884. The van der Waals surface area contributed by atoms with Crippen LogP contribution in [0.2, 0.25) is 0 Å². The van der Waals surface area contributed by atoms with Crippen molar-refractivity contribution in [2.45, 2.75) is 26.7 Å². The van der Waals surface area contributed by atoms with Crippen molar-refractivity contribution in [3.8, 4) is 0 Å². The molecule has 0 radical (unpaired) electrons. The molecule has 7 nitrogen and oxygen atoms in total. The average molecular weight is 378 g/mol. The lowest BCUT2D eigenvalue weighted by Gasteiger charge is -2.05. The fraction of sp³-hybridized carbons (Fsp3) is 0.238. The van der Waals surface area contributed by atoms with Gasteiger partial charge in [0.1, 0.15) is 0 Å². The van der Waals surface area contributed by atoms with E-state index >= 15 is 0 Å². The van der Waals surface area contributed by atoms with Crippen molar-refractivity contribution in [1.82, 2.24) is 14.7 Å². The van der Waals surface area contributed by atoms with Crippen LogP contribution in [0, 0.1) is 0 Å². The van der Waals surface area contributed by atoms with Gasteiger partial charge in [-0.05, 0) is 37.6 Å². The van der Waals surface area contributed by atoms with Gasteiger partial charge in [-0.3, -0.25) is 18.8 Å². The second-order valence-corrected chi connectivity index (χ2v) is 6.44. The zero-order chi connectivity index (χ0) is 20.1. The molecule has 2 amide bonds. The second-order valence-electron chi connectivity index (χ2n) is 6.44. The number of hydrogen-bond acceptors (Lipinski definition) is 4. The smallest absolute Gasteiger partial charge is 0.287 e. The Hall–Kier alpha value is -3.48. The number of unbranched alkanes of at least 4 members (excludes halogenated alkanes) is 1. The summed E-state index contributed by atoms with van der Waals surface area (Å²) in [6.07, 6.45) is 3.54. The highest BCUT2D eigenvalue weighted by Gasteiger charge is 2.21. The minimum atomic E-state index is -0.447. The number of nitrogens with one attached hydrogen (secondary N) is 2. The monoisotopic (exact) mass is 378 g/mol. The van der Waals surface area contributed by atoms with E-state index in [-0.39, 0.29) is 23.2 Å². The first-order valence-corrected chi connectivity index (χ1v) is 9.19. The summed E-state index contributed by atoms with van der Waals surface area (Å²) in [5.74, 6) is -0.701. The first kappa shape index (κ1) is 19.3. The third-order valence-corrected chi connectivity index (χ3v) is 4.31. The van der Waals surface area contributed by atoms with E-state index in [0.717, 1.165) is 12.8 Å². The number of pyridine rings is 1. The van der Waals surface area contributed by atoms with Gasteiger partial charge in [-0.2, -0.15) is 0 Å². The molecular formula is C21H22N4O3. The van der Waals surface area contributed by atoms with Crippen molar-refractivity contribution in [3.63, 3.8) is 0 Å². The van der Waals surface area contributed by atoms with Gasteiger partial charge in [-0.25, -0.2) is 4.98 Å². The fourth-order valence-electron chi connectivity index (χ4n) is 2.83. The summed E-state index contributed by atoms with van der Waals surface area (Å²) >= 11 is 0. The quantitative estimate of drug-likeness (QED) is 0.487. The summed E-state index contributed by atoms with van der Waals surface area (Å²) in [7, 11) is 0. The first-order chi connectivity index (χ1) is 13.5. The van der Waals surface area contributed by atoms with Gasteiger partial charge in [0.05, 0.1) is 5.52 Å². The summed E-state index contributed by atoms with van der Waals surface area (Å²) in [6, 6.07) is 12.0. The SMILES string of the molecule is CCCCNC(=O)c1nc(C(=O)Nc2cccc(C(C)=O)c2)c2ccccn12. The molecule has 7 heteroatoms. The molecule has 0 fully saturated rings. The number of benzene rings is 1. The summed E-state index contributed by atoms with van der Waals surface area (Å²) in [6.45, 7) is 4.06. The molecule has 0 bridgehead atoms. The van der Waals surface area contributed by atoms with Gasteiger partial charge in [-0.15, -0.1) is 0 Å². The Bertz CT molecular complexity index is 1040. The Kier molecular flexibility index (Phi) is 5.84. The van der Waals surface area contributed by atoms with Gasteiger partial charge in [0, 0.05) is 24.0 Å². The van der Waals surface area contributed by atoms with Crippen molar-refractivity contribution < 1.29 is 14.4 Å². The molecule has 0 aliphatic rings. The summed E-state index contributed by atoms with van der Waals surface area (Å²) in [4.78, 5) is 41.1. The maximum absolute atomic E-state index is 12.8. The maximum atomic E-state index is 12.8. The Labute approximate surface area is 162 Å². The largest absolute Gasteiger partial charge is 0.349 e. The minimum Gasteiger partial charge on any atom is -0.349 e. The molecule has 0 unspecified atom stereocenters. The number of rotatable bonds is 7. The molecule has 28 heavy (non-hydrogen) atoms. The molecule has 0 spiro atoms. The predicted molar refractivity (Wildman–Crippen MR) is 107 cm³/mol. The number of fused-ring (bicyclic) bond motifs is 1. The predicted octanol–water partition coefficient (Wildman–Crippen LogP) is 3.32. The van der Waals surface area contributed by atoms with E-state index in [4.69, 9.17) is 0 Å². The van der Waals surface area contributed by atoms with Gasteiger partial charge in [0.15, 0.2) is 11.5 Å². The maximum Gasteiger partial charge on any atom is 0.287 e. The van der Waals surface area contributed by atoms with Gasteiger partial charge >= 0.3 is 0 Å². The number of carbonyl (C=O) groups excluding carboxylic acids is 3. The van der Waals surface area contributed by atoms with E-state index < -0.39 is 5.91 Å². The van der Waals surface area contributed by atoms with Crippen LogP contribution >= 0.6 is 0 Å². The van der Waals surface area contributed by atoms with Gasteiger partial charge in [0.2, 0.25) is 5.82 Å². The number of anilines is 1. The van der Waals surface area contributed by atoms with E-state index in [1.807, 2.05) is 6.92 Å². The Morgan fingerprint density at radius 1 is 1.07 bits per heavy atom. The summed E-state index contributed by atoms with van der Waals surface area (Å²) in [5, 5.41) is 5.57. The molecule has 2 N–H and O–H groups in total. The van der Waals surface area contributed by atoms with E-state index in [2.05, 4.69) is 15.6 Å². The van der Waals surface area contributed by atoms with Gasteiger partial charge in [-0.1, -0.05) is 31.5 Å². The number of aromatic nitrogens is 2. The molecule has 3 aromatic rings. The normalized spacial score (nSPS) is 10.6. The number of nitrogens with zero attached hydrogens (tertiary/aromatic N) is 2. The van der Waals surface area contributed by atoms with Gasteiger partial charge in [0.25, 0.3) is 11.8 Å². The molecule has 0 saturated heterocycles. The van der Waals surface area contributed by atoms with Crippen LogP contribution in [0.4, 0.5) is 5.69 Å². The van der Waals surface area contributed by atoms with Crippen LogP contribution in [0.5, 0.6) is 0 Å². The standard InChI is InChI=1S/C21H22N4O3/c1-3-4-11-22-21(28)19-24-18(17-10-5-6-12-25(17)19)20(27)23-16-9-7-8-15(13-16)14(2)26/h5-10,12-13H,3-4,11H2,1-2H3,(H,22,28)(H,23,27). The van der Waals surface area contributed by atoms with Crippen molar-refractivity contribution in [1.29, 1.82) is 0 Å². The van der Waals surface area contributed by atoms with Crippen LogP contribution in [-0.2, 0) is 0 Å². The Morgan fingerprint density at radius 3 is 2.64 bits per heavy atom. The first-order valence-electron chi connectivity index (χ1n) is 9.19. The topological polar surface area (TPSA) is 92.6 Å². The van der Waals surface area contributed by atoms with Crippen molar-refractivity contribution in [2.75, 3.05) is 11.9 Å². The third kappa shape index (κ3) is 4.09. The molecule has 2 heterocycles. The lowest BCUT2D eigenvalue weighted by atomic mass is 10.1. The number of carbonyl (C=O) groups is 3. The van der Waals surface area contributed by atoms with Crippen molar-refractivity contribution in [3.05, 3.63) is 65.7 Å². The van der Waals surface area contributed by atoms with E-state index in [1.54, 1.807) is 53.1 Å². The molecule has 0 aliphatic carbocycles. The van der Waals surface area contributed by atoms with Crippen LogP contribution in [0.1, 0.15) is 58.2 Å². The molecule has 1 aromatic carbocycles. The Morgan fingerprint density at radius 2 is 1.89 bits per heavy atom. The highest BCUT2D eigenvalue weighted by molar-refractivity contribution is 6.09. The van der Waals surface area contributed by atoms with Crippen LogP contribution in [0.25, 0.3) is 5.52 Å². The van der Waals surface area contributed by atoms with Crippen molar-refractivity contribution in [2.24, 2.45) is 0 Å². The molecule has 144 valence electrons. The highest BCUT2D eigenvalue weighted by atomic mass is 16.2. The third-order valence-electron chi connectivity index (χ3n) is 4.31. The van der Waals surface area contributed by atoms with Crippen LogP contribution in [-0.4, -0.2) is 33.5 Å². The zero-order valence-corrected chi connectivity index (χ0v) is 15.9. The average Bonchev–Trinajstić information content (AvgIpc) is 3.08. The molecule has 0 aliphatic heterocycles. The lowest BCUT2D eigenvalue weighted by molar-refractivity contribution is 0.0941. The number of amides is 2. The Balaban J connectivity index is 1.90. The number of Topliss-reactive ketones (excluding diaryl/α,β-unsaturated/α-hetero) is 1. The lowest BCUT2D eigenvalue weighted by Crippen LogP contribution is -2.26. The van der Waals surface area contributed by atoms with Crippen molar-refractivity contribution >= 4 is 28.8 Å². The van der Waals surface area contributed by atoms with Crippen LogP contribution in [0.15, 0.2) is 48.7 Å². The summed E-state index contributed by atoms with van der Waals surface area (Å²) < 4.78 is 1.60. The molecule has 0 atom stereocenters. The van der Waals surface area contributed by atoms with Crippen LogP contribution in [0.3, 0.4) is 0 Å². The van der Waals surface area contributed by atoms with Gasteiger partial charge < -0.3 is 10.6 Å². The molecule has 3 rings (SSSR count). The second kappa shape index (κ2) is 8.47. The molecule has 0 saturated carbocycles. The van der Waals surface area contributed by atoms with E-state index in [0.29, 0.717) is 23.3 Å². The summed E-state index contributed by atoms with van der Waals surface area (Å²) in [5.41, 5.74) is 1.67. The number of imidazole rings is 1. The molecule has 2 aromatic heterocycles. The molecular weight excluding hydrogens is 356 g/mol. The van der Waals surface area contributed by atoms with Crippen LogP contribution < -0.4 is 10.6 Å². The van der Waals surface area contributed by atoms with E-state index in [9.17, 15) is 14.4 Å². The number of ketones is 1.